The number of thiol groups is 1. The number of guanidine groups is 1. The van der Waals surface area contributed by atoms with Crippen molar-refractivity contribution in [2.24, 2.45) is 45.1 Å². The van der Waals surface area contributed by atoms with E-state index >= 15 is 0 Å². The summed E-state index contributed by atoms with van der Waals surface area (Å²) in [6, 6.07) is -12.3. The van der Waals surface area contributed by atoms with Gasteiger partial charge in [0.2, 0.25) is 65.0 Å². The first-order valence-electron chi connectivity index (χ1n) is 27.1. The van der Waals surface area contributed by atoms with Crippen LogP contribution in [0.5, 0.6) is 5.75 Å². The van der Waals surface area contributed by atoms with Crippen LogP contribution in [0, 0.1) is 0 Å². The van der Waals surface area contributed by atoms with E-state index in [0.717, 1.165) is 0 Å². The van der Waals surface area contributed by atoms with Crippen LogP contribution < -0.4 is 88.0 Å². The van der Waals surface area contributed by atoms with Crippen LogP contribution in [0.15, 0.2) is 29.3 Å². The number of carbonyl (C=O) groups excluding carboxylic acids is 11. The average Bonchev–Trinajstić information content (AvgIpc) is 2.70. The minimum absolute atomic E-state index is 0.0834. The number of aliphatic imine (C=N–C) groups is 1. The van der Waals surface area contributed by atoms with Gasteiger partial charge in [-0.05, 0) is 82.2 Å². The molecule has 486 valence electrons. The highest BCUT2D eigenvalue weighted by atomic mass is 32.1. The number of aliphatic hydroxyl groups is 1. The second-order valence-electron chi connectivity index (χ2n) is 19.6. The molecule has 1 aromatic rings. The highest BCUT2D eigenvalue weighted by molar-refractivity contribution is 7.80. The molecule has 37 heteroatoms. The van der Waals surface area contributed by atoms with Gasteiger partial charge < -0.3 is 114 Å². The Labute approximate surface area is 503 Å². The van der Waals surface area contributed by atoms with Gasteiger partial charge in [-0.2, -0.15) is 12.6 Å². The summed E-state index contributed by atoms with van der Waals surface area (Å²) >= 11 is 4.17. The number of unbranched alkanes of at least 4 members (excludes halogenated alkanes) is 2. The summed E-state index contributed by atoms with van der Waals surface area (Å²) in [6.45, 7) is -0.856. The zero-order valence-corrected chi connectivity index (χ0v) is 48.3. The van der Waals surface area contributed by atoms with Gasteiger partial charge in [0.1, 0.15) is 60.1 Å². The molecule has 0 spiro atoms. The van der Waals surface area contributed by atoms with Gasteiger partial charge in [0.05, 0.1) is 31.9 Å². The number of aliphatic hydroxyl groups excluding tert-OH is 1. The predicted molar refractivity (Wildman–Crippen MR) is 308 cm³/mol. The summed E-state index contributed by atoms with van der Waals surface area (Å²) in [4.78, 5) is 187. The van der Waals surface area contributed by atoms with Gasteiger partial charge in [0.25, 0.3) is 0 Å². The van der Waals surface area contributed by atoms with Crippen molar-refractivity contribution in [3.63, 3.8) is 0 Å². The van der Waals surface area contributed by atoms with Crippen molar-refractivity contribution >= 4 is 101 Å². The van der Waals surface area contributed by atoms with E-state index in [1.807, 2.05) is 0 Å². The van der Waals surface area contributed by atoms with Gasteiger partial charge in [-0.15, -0.1) is 0 Å². The molecule has 0 fully saturated rings. The van der Waals surface area contributed by atoms with Gasteiger partial charge >= 0.3 is 17.9 Å². The van der Waals surface area contributed by atoms with Gasteiger partial charge in [0.15, 0.2) is 5.96 Å². The number of phenolic OH excluding ortho intramolecular Hbond substituents is 1. The maximum atomic E-state index is 14.2. The largest absolute Gasteiger partial charge is 0.508 e. The molecule has 0 aromatic heterocycles. The second-order valence-corrected chi connectivity index (χ2v) is 20.0. The van der Waals surface area contributed by atoms with Crippen molar-refractivity contribution in [2.45, 2.75) is 150 Å². The highest BCUT2D eigenvalue weighted by Crippen LogP contribution is 2.13. The highest BCUT2D eigenvalue weighted by Gasteiger charge is 2.37. The van der Waals surface area contributed by atoms with E-state index in [2.05, 4.69) is 65.5 Å². The Morgan fingerprint density at radius 3 is 1.31 bits per heavy atom. The summed E-state index contributed by atoms with van der Waals surface area (Å²) in [6.07, 6.45) is -3.55. The number of carboxylic acids is 3. The first-order valence-corrected chi connectivity index (χ1v) is 27.8. The maximum Gasteiger partial charge on any atom is 0.326 e. The standard InChI is InChI=1S/C50H81N17O19S/c51-15-3-1-6-26(53)40(76)62-31(19-37(55)71)44(80)64-33(21-39(74)75)46(82)63-30(18-24-9-11-25(69)12-10-24)43(79)67-35(23-87)48(84)60-28(13-14-36(54)70)42(78)59-27(8-5-17-58-50(56)57)41(77)66-34(22-68)47(83)65-32(20-38(72)73)45(81)61-29(49(85)86)7-2-4-16-52/h9-12,26-35,68-69,87H,1-8,13-23,51-53H2,(H2,54,70)(H2,55,71)(H,59,78)(H,60,84)(H,61,81)(H,62,76)(H,63,82)(H,64,80)(H,65,83)(H,66,77)(H,67,79)(H,72,73)(H,74,75)(H,85,86)(H4,56,57,58)/t26-,27-,28-,29-,30-,31-,32-,33-,34-,35-/m0/s1. The number of phenols is 1. The summed E-state index contributed by atoms with van der Waals surface area (Å²) in [5, 5.41) is 69.0. The third-order valence-electron chi connectivity index (χ3n) is 12.5. The van der Waals surface area contributed by atoms with Crippen LogP contribution in [0.2, 0.25) is 0 Å². The molecule has 0 aliphatic heterocycles. The van der Waals surface area contributed by atoms with E-state index in [-0.39, 0.29) is 62.5 Å². The van der Waals surface area contributed by atoms with E-state index in [1.54, 1.807) is 0 Å². The minimum atomic E-state index is -2.03. The van der Waals surface area contributed by atoms with Crippen LogP contribution >= 0.6 is 12.6 Å². The normalized spacial score (nSPS) is 14.3. The van der Waals surface area contributed by atoms with E-state index in [1.165, 1.54) is 24.3 Å². The summed E-state index contributed by atoms with van der Waals surface area (Å²) in [5.74, 6) is -18.8. The van der Waals surface area contributed by atoms with E-state index < -0.39 is 194 Å². The molecule has 0 heterocycles. The van der Waals surface area contributed by atoms with Crippen molar-refractivity contribution in [1.82, 2.24) is 47.9 Å². The zero-order valence-electron chi connectivity index (χ0n) is 47.4. The predicted octanol–water partition coefficient (Wildman–Crippen LogP) is -8.97. The molecule has 0 aliphatic carbocycles. The third-order valence-corrected chi connectivity index (χ3v) is 12.8. The number of hydrogen-bond acceptors (Lipinski definition) is 21. The van der Waals surface area contributed by atoms with Crippen LogP contribution in [-0.2, 0) is 73.5 Å². The number of nitrogens with two attached hydrogens (primary N) is 7. The fraction of sp³-hybridized carbons (Fsp3) is 0.580. The Hall–Kier alpha value is -8.94. The molecule has 0 unspecified atom stereocenters. The lowest BCUT2D eigenvalue weighted by molar-refractivity contribution is -0.144. The van der Waals surface area contributed by atoms with Crippen molar-refractivity contribution in [3.05, 3.63) is 29.8 Å². The molecule has 1 rings (SSSR count). The quantitative estimate of drug-likeness (QED) is 0.0125. The number of carbonyl (C=O) groups is 14. The molecule has 0 radical (unpaired) electrons. The third kappa shape index (κ3) is 30.6. The van der Waals surface area contributed by atoms with E-state index in [4.69, 9.17) is 40.1 Å². The van der Waals surface area contributed by atoms with Crippen LogP contribution in [0.1, 0.15) is 89.0 Å². The van der Waals surface area contributed by atoms with Gasteiger partial charge in [-0.1, -0.05) is 18.6 Å². The van der Waals surface area contributed by atoms with Crippen LogP contribution in [0.25, 0.3) is 0 Å². The number of aromatic hydroxyl groups is 1. The van der Waals surface area contributed by atoms with Crippen molar-refractivity contribution in [1.29, 1.82) is 0 Å². The minimum Gasteiger partial charge on any atom is -0.508 e. The molecule has 0 bridgehead atoms. The fourth-order valence-electron chi connectivity index (χ4n) is 7.82. The lowest BCUT2D eigenvalue weighted by Crippen LogP contribution is -2.61. The lowest BCUT2D eigenvalue weighted by atomic mass is 10.0. The Morgan fingerprint density at radius 2 is 0.851 bits per heavy atom. The molecule has 10 atom stereocenters. The molecule has 87 heavy (non-hydrogen) atoms. The number of nitrogens with one attached hydrogen (secondary N) is 9. The van der Waals surface area contributed by atoms with E-state index in [0.29, 0.717) is 25.8 Å². The number of aliphatic carboxylic acids is 3. The number of primary amides is 2. The molecule has 1 aromatic carbocycles. The summed E-state index contributed by atoms with van der Waals surface area (Å²) in [5.41, 5.74) is 38.7. The van der Waals surface area contributed by atoms with Crippen molar-refractivity contribution in [2.75, 3.05) is 32.0 Å². The Balaban J connectivity index is 3.60. The lowest BCUT2D eigenvalue weighted by Gasteiger charge is -2.27. The second kappa shape index (κ2) is 40.4. The molecule has 0 saturated carbocycles. The Morgan fingerprint density at radius 1 is 0.460 bits per heavy atom. The monoisotopic (exact) mass is 1260 g/mol. The van der Waals surface area contributed by atoms with Crippen molar-refractivity contribution in [3.8, 4) is 5.75 Å². The number of amides is 11. The van der Waals surface area contributed by atoms with Crippen molar-refractivity contribution < 1.29 is 92.7 Å². The molecule has 0 aliphatic rings. The van der Waals surface area contributed by atoms with Gasteiger partial charge in [0, 0.05) is 25.1 Å². The summed E-state index contributed by atoms with van der Waals surface area (Å²) < 4.78 is 0. The number of rotatable bonds is 44. The smallest absolute Gasteiger partial charge is 0.326 e. The number of hydrogen-bond donors (Lipinski definition) is 22. The Kier molecular flexibility index (Phi) is 35.3. The first-order chi connectivity index (χ1) is 41.0. The topological polar surface area (TPSA) is 643 Å². The molecular formula is C50H81N17O19S. The SMILES string of the molecule is NCCCC[C@H](NC(=O)[C@H](CC(=O)O)NC(=O)[C@H](CO)NC(=O)[C@H](CCCN=C(N)N)NC(=O)[C@H](CCC(N)=O)NC(=O)[C@H](CS)NC(=O)[C@H](Cc1ccc(O)cc1)NC(=O)[C@H](CC(=O)O)NC(=O)[C@H](CC(N)=O)NC(=O)[C@@H](N)CCCCN)C(=O)O. The summed E-state index contributed by atoms with van der Waals surface area (Å²) in [7, 11) is 0. The van der Waals surface area contributed by atoms with Crippen LogP contribution in [-0.4, -0.2) is 207 Å². The first kappa shape index (κ1) is 76.1. The zero-order chi connectivity index (χ0) is 65.9. The number of carboxylic acid groups (broad SMARTS) is 3. The maximum absolute atomic E-state index is 14.2. The molecule has 28 N–H and O–H groups in total. The fourth-order valence-corrected chi connectivity index (χ4v) is 8.08. The van der Waals surface area contributed by atoms with Gasteiger partial charge in [-0.3, -0.25) is 67.3 Å². The molecular weight excluding hydrogens is 1170 g/mol. The van der Waals surface area contributed by atoms with Crippen LogP contribution in [0.3, 0.4) is 0 Å². The molecule has 11 amide bonds. The van der Waals surface area contributed by atoms with Crippen LogP contribution in [0.4, 0.5) is 0 Å². The van der Waals surface area contributed by atoms with E-state index in [9.17, 15) is 92.7 Å². The number of nitrogens with zero attached hydrogens (tertiary/aromatic N) is 1. The molecule has 36 nitrogen and oxygen atoms in total. The average molecular weight is 1260 g/mol. The molecule has 0 saturated heterocycles. The number of benzene rings is 1. The Bertz CT molecular complexity index is 2580. The van der Waals surface area contributed by atoms with Gasteiger partial charge in [-0.25, -0.2) is 4.79 Å².